The van der Waals surface area contributed by atoms with Crippen LogP contribution in [0, 0.1) is 5.41 Å². The molecule has 0 spiro atoms. The molecule has 1 saturated carbocycles. The predicted molar refractivity (Wildman–Crippen MR) is 63.4 cm³/mol. The molecule has 4 N–H and O–H groups in total. The largest absolute Gasteiger partial charge is 0.366 e. The Bertz CT molecular complexity index is 379. The molecule has 1 aromatic rings. The molecule has 1 atom stereocenters. The molecule has 0 aliphatic heterocycles. The first-order valence-electron chi connectivity index (χ1n) is 4.78. The van der Waals surface area contributed by atoms with E-state index in [-0.39, 0.29) is 0 Å². The maximum Gasteiger partial charge on any atom is 0.159 e. The lowest BCUT2D eigenvalue weighted by Gasteiger charge is -2.10. The van der Waals surface area contributed by atoms with Gasteiger partial charge in [-0.1, -0.05) is 13.8 Å². The minimum absolute atomic E-state index is 0.362. The number of hydrogen-bond donors (Lipinski definition) is 3. The molecule has 0 bridgehead atoms. The van der Waals surface area contributed by atoms with Crippen LogP contribution in [0.4, 0.5) is 11.6 Å². The second-order valence-electron chi connectivity index (χ2n) is 4.42. The summed E-state index contributed by atoms with van der Waals surface area (Å²) in [5, 5.41) is 3.36. The average molecular weight is 272 g/mol. The van der Waals surface area contributed by atoms with Crippen molar-refractivity contribution in [1.29, 1.82) is 0 Å². The van der Waals surface area contributed by atoms with E-state index in [1.54, 1.807) is 0 Å². The normalized spacial score (nSPS) is 22.3. The molecule has 1 heterocycles. The summed E-state index contributed by atoms with van der Waals surface area (Å²) in [7, 11) is 0. The number of halogens is 1. The van der Waals surface area contributed by atoms with Crippen LogP contribution >= 0.6 is 15.9 Å². The number of hydrogen-bond acceptors (Lipinski definition) is 5. The number of nitrogen functional groups attached to an aromatic ring is 1. The summed E-state index contributed by atoms with van der Waals surface area (Å²) in [6.45, 7) is 4.45. The molecule has 82 valence electrons. The number of rotatable bonds is 3. The predicted octanol–water partition coefficient (Wildman–Crippen LogP) is 1.74. The number of nitrogens with zero attached hydrogens (tertiary/aromatic N) is 2. The third kappa shape index (κ3) is 2.05. The molecule has 5 nitrogen and oxygen atoms in total. The highest BCUT2D eigenvalue weighted by atomic mass is 79.9. The quantitative estimate of drug-likeness (QED) is 0.577. The van der Waals surface area contributed by atoms with Crippen LogP contribution in [0.5, 0.6) is 0 Å². The molecule has 0 saturated heterocycles. The molecular formula is C9H14BrN5. The zero-order chi connectivity index (χ0) is 11.1. The van der Waals surface area contributed by atoms with E-state index in [2.05, 4.69) is 50.5 Å². The van der Waals surface area contributed by atoms with Crippen molar-refractivity contribution in [2.75, 3.05) is 10.7 Å². The molecule has 6 heteroatoms. The molecule has 1 aliphatic carbocycles. The van der Waals surface area contributed by atoms with Crippen molar-refractivity contribution in [3.05, 3.63) is 10.8 Å². The van der Waals surface area contributed by atoms with Crippen LogP contribution in [0.3, 0.4) is 0 Å². The fourth-order valence-corrected chi connectivity index (χ4v) is 1.88. The summed E-state index contributed by atoms with van der Waals surface area (Å²) in [4.78, 5) is 8.16. The number of nitrogens with one attached hydrogen (secondary N) is 2. The lowest BCUT2D eigenvalue weighted by molar-refractivity contribution is 0.629. The third-order valence-electron chi connectivity index (χ3n) is 2.75. The minimum atomic E-state index is 0.362. The molecular weight excluding hydrogens is 258 g/mol. The Morgan fingerprint density at radius 3 is 2.60 bits per heavy atom. The smallest absolute Gasteiger partial charge is 0.159 e. The SMILES string of the molecule is CC1(C)CC1Nc1ncnc(NN)c1Br. The number of aromatic nitrogens is 2. The van der Waals surface area contributed by atoms with E-state index >= 15 is 0 Å². The van der Waals surface area contributed by atoms with Crippen LogP contribution in [-0.2, 0) is 0 Å². The van der Waals surface area contributed by atoms with Crippen molar-refractivity contribution in [2.45, 2.75) is 26.3 Å². The highest BCUT2D eigenvalue weighted by molar-refractivity contribution is 9.10. The van der Waals surface area contributed by atoms with E-state index < -0.39 is 0 Å². The molecule has 15 heavy (non-hydrogen) atoms. The lowest BCUT2D eigenvalue weighted by Crippen LogP contribution is -2.14. The van der Waals surface area contributed by atoms with E-state index in [9.17, 15) is 0 Å². The third-order valence-corrected chi connectivity index (χ3v) is 3.50. The van der Waals surface area contributed by atoms with Gasteiger partial charge in [0.1, 0.15) is 16.6 Å². The zero-order valence-corrected chi connectivity index (χ0v) is 10.3. The lowest BCUT2D eigenvalue weighted by atomic mass is 10.2. The molecule has 1 unspecified atom stereocenters. The maximum atomic E-state index is 5.32. The number of hydrazine groups is 1. The van der Waals surface area contributed by atoms with E-state index in [1.165, 1.54) is 6.33 Å². The Labute approximate surface area is 97.0 Å². The molecule has 0 amide bonds. The molecule has 1 aliphatic rings. The highest BCUT2D eigenvalue weighted by Crippen LogP contribution is 2.47. The van der Waals surface area contributed by atoms with Gasteiger partial charge in [0.05, 0.1) is 0 Å². The second kappa shape index (κ2) is 3.61. The Kier molecular flexibility index (Phi) is 2.56. The topological polar surface area (TPSA) is 75.9 Å². The first-order valence-corrected chi connectivity index (χ1v) is 5.57. The van der Waals surface area contributed by atoms with Crippen LogP contribution in [0.1, 0.15) is 20.3 Å². The first-order chi connectivity index (χ1) is 7.04. The fraction of sp³-hybridized carbons (Fsp3) is 0.556. The van der Waals surface area contributed by atoms with E-state index in [4.69, 9.17) is 5.84 Å². The summed E-state index contributed by atoms with van der Waals surface area (Å²) < 4.78 is 0.773. The van der Waals surface area contributed by atoms with Gasteiger partial charge >= 0.3 is 0 Å². The standard InChI is InChI=1S/C9H14BrN5/c1-9(2)3-5(9)14-7-6(10)8(15-11)13-4-12-7/h4-5H,3,11H2,1-2H3,(H2,12,13,14,15). The van der Waals surface area contributed by atoms with Gasteiger partial charge in [-0.05, 0) is 27.8 Å². The van der Waals surface area contributed by atoms with Gasteiger partial charge in [0.25, 0.3) is 0 Å². The monoisotopic (exact) mass is 271 g/mol. The summed E-state index contributed by atoms with van der Waals surface area (Å²) in [6.07, 6.45) is 2.65. The van der Waals surface area contributed by atoms with Crippen LogP contribution in [0.2, 0.25) is 0 Å². The Hall–Kier alpha value is -0.880. The van der Waals surface area contributed by atoms with Gasteiger partial charge in [0.2, 0.25) is 0 Å². The van der Waals surface area contributed by atoms with Crippen molar-refractivity contribution in [3.8, 4) is 0 Å². The van der Waals surface area contributed by atoms with E-state index in [1.807, 2.05) is 0 Å². The van der Waals surface area contributed by atoms with Crippen molar-refractivity contribution in [1.82, 2.24) is 9.97 Å². The van der Waals surface area contributed by atoms with Crippen LogP contribution in [-0.4, -0.2) is 16.0 Å². The maximum absolute atomic E-state index is 5.32. The Morgan fingerprint density at radius 2 is 2.07 bits per heavy atom. The van der Waals surface area contributed by atoms with Crippen molar-refractivity contribution in [2.24, 2.45) is 11.3 Å². The average Bonchev–Trinajstić information content (AvgIpc) is 2.77. The summed E-state index contributed by atoms with van der Waals surface area (Å²) >= 11 is 3.41. The van der Waals surface area contributed by atoms with Gasteiger partial charge < -0.3 is 10.7 Å². The number of anilines is 2. The number of nitrogens with two attached hydrogens (primary N) is 1. The second-order valence-corrected chi connectivity index (χ2v) is 5.21. The van der Waals surface area contributed by atoms with E-state index in [0.717, 1.165) is 16.7 Å². The summed E-state index contributed by atoms with van der Waals surface area (Å²) in [6, 6.07) is 0.481. The minimum Gasteiger partial charge on any atom is -0.366 e. The highest BCUT2D eigenvalue weighted by Gasteiger charge is 2.46. The van der Waals surface area contributed by atoms with Gasteiger partial charge in [-0.25, -0.2) is 15.8 Å². The van der Waals surface area contributed by atoms with Crippen molar-refractivity contribution in [3.63, 3.8) is 0 Å². The Balaban J connectivity index is 2.15. The van der Waals surface area contributed by atoms with Crippen LogP contribution in [0.15, 0.2) is 10.8 Å². The molecule has 1 fully saturated rings. The molecule has 2 rings (SSSR count). The Morgan fingerprint density at radius 1 is 1.47 bits per heavy atom. The molecule has 0 radical (unpaired) electrons. The summed E-state index contributed by atoms with van der Waals surface area (Å²) in [5.74, 6) is 6.70. The van der Waals surface area contributed by atoms with Gasteiger partial charge in [0, 0.05) is 6.04 Å². The van der Waals surface area contributed by atoms with Crippen LogP contribution in [0.25, 0.3) is 0 Å². The molecule has 1 aromatic heterocycles. The summed E-state index contributed by atoms with van der Waals surface area (Å²) in [5.41, 5.74) is 2.87. The van der Waals surface area contributed by atoms with E-state index in [0.29, 0.717) is 17.3 Å². The van der Waals surface area contributed by atoms with Crippen molar-refractivity contribution < 1.29 is 0 Å². The first kappa shape index (κ1) is 10.6. The van der Waals surface area contributed by atoms with Crippen LogP contribution < -0.4 is 16.6 Å². The van der Waals surface area contributed by atoms with Gasteiger partial charge in [0.15, 0.2) is 5.82 Å². The zero-order valence-electron chi connectivity index (χ0n) is 8.71. The van der Waals surface area contributed by atoms with Crippen molar-refractivity contribution >= 4 is 27.6 Å². The van der Waals surface area contributed by atoms with Gasteiger partial charge in [-0.3, -0.25) is 0 Å². The fourth-order valence-electron chi connectivity index (χ4n) is 1.45. The van der Waals surface area contributed by atoms with Gasteiger partial charge in [-0.2, -0.15) is 0 Å². The molecule has 0 aromatic carbocycles. The van der Waals surface area contributed by atoms with Gasteiger partial charge in [-0.15, -0.1) is 0 Å².